The largest absolute Gasteiger partial charge is 0.495 e. The van der Waals surface area contributed by atoms with Crippen molar-refractivity contribution in [1.82, 2.24) is 9.88 Å². The molecule has 3 aromatic rings. The quantitative estimate of drug-likeness (QED) is 0.453. The summed E-state index contributed by atoms with van der Waals surface area (Å²) in [5, 5.41) is 1.35. The molecule has 3 rings (SSSR count). The highest BCUT2D eigenvalue weighted by Gasteiger charge is 2.24. The fourth-order valence-electron chi connectivity index (χ4n) is 2.81. The van der Waals surface area contributed by atoms with Gasteiger partial charge >= 0.3 is 0 Å². The molecule has 1 heterocycles. The zero-order chi connectivity index (χ0) is 21.1. The van der Waals surface area contributed by atoms with Crippen molar-refractivity contribution in [2.24, 2.45) is 0 Å². The molecule has 0 aliphatic heterocycles. The molecule has 0 unspecified atom stereocenters. The van der Waals surface area contributed by atoms with Crippen LogP contribution in [0.3, 0.4) is 0 Å². The Morgan fingerprint density at radius 2 is 1.63 bits per heavy atom. The number of benzene rings is 2. The van der Waals surface area contributed by atoms with Crippen LogP contribution in [-0.2, 0) is 0 Å². The molecule has 0 N–H and O–H groups in total. The van der Waals surface area contributed by atoms with Crippen molar-refractivity contribution in [3.8, 4) is 11.5 Å². The Balaban J connectivity index is 0.00000320. The topological polar surface area (TPSA) is 54.9 Å². The van der Waals surface area contributed by atoms with Gasteiger partial charge in [0.1, 0.15) is 21.7 Å². The Bertz CT molecular complexity index is 982. The molecule has 1 aromatic heterocycles. The summed E-state index contributed by atoms with van der Waals surface area (Å²) in [6, 6.07) is 8.43. The van der Waals surface area contributed by atoms with Gasteiger partial charge in [0.05, 0.1) is 14.2 Å². The van der Waals surface area contributed by atoms with Crippen molar-refractivity contribution >= 4 is 68.2 Å². The standard InChI is InChI=1S/C20H21Cl2N3O3S.ClH/c1-24(2)7-8-25(19(26)12-9-13(21)11-14(22)10-12)20-23-17-15(27-3)5-6-16(28-4)18(17)29-20;/h5-6,9-11H,7-8H2,1-4H3;1H. The first-order valence-electron chi connectivity index (χ1n) is 8.78. The van der Waals surface area contributed by atoms with E-state index in [1.165, 1.54) is 11.3 Å². The Morgan fingerprint density at radius 3 is 2.20 bits per heavy atom. The third-order valence-electron chi connectivity index (χ3n) is 4.26. The maximum atomic E-state index is 13.3. The van der Waals surface area contributed by atoms with Gasteiger partial charge < -0.3 is 14.4 Å². The predicted molar refractivity (Wildman–Crippen MR) is 127 cm³/mol. The molecule has 2 aromatic carbocycles. The Morgan fingerprint density at radius 1 is 1.03 bits per heavy atom. The van der Waals surface area contributed by atoms with E-state index in [0.717, 1.165) is 4.70 Å². The maximum absolute atomic E-state index is 13.3. The van der Waals surface area contributed by atoms with E-state index < -0.39 is 0 Å². The molecule has 162 valence electrons. The number of hydrogen-bond acceptors (Lipinski definition) is 6. The second kappa shape index (κ2) is 10.5. The third-order valence-corrected chi connectivity index (χ3v) is 5.78. The molecule has 0 saturated heterocycles. The number of nitrogens with zero attached hydrogens (tertiary/aromatic N) is 3. The second-order valence-corrected chi connectivity index (χ2v) is 8.41. The van der Waals surface area contributed by atoms with E-state index in [2.05, 4.69) is 0 Å². The highest BCUT2D eigenvalue weighted by atomic mass is 35.5. The Kier molecular flexibility index (Phi) is 8.58. The first-order chi connectivity index (χ1) is 13.8. The van der Waals surface area contributed by atoms with Gasteiger partial charge in [0.25, 0.3) is 5.91 Å². The SMILES string of the molecule is COc1ccc(OC)c2sc(N(CCN(C)C)C(=O)c3cc(Cl)cc(Cl)c3)nc12.Cl. The number of ether oxygens (including phenoxy) is 2. The normalized spacial score (nSPS) is 10.8. The number of rotatable bonds is 7. The number of likely N-dealkylation sites (N-methyl/N-ethyl adjacent to an activating group) is 1. The fraction of sp³-hybridized carbons (Fsp3) is 0.300. The third kappa shape index (κ3) is 5.28. The molecule has 0 atom stereocenters. The number of carbonyl (C=O) groups excluding carboxylic acids is 1. The lowest BCUT2D eigenvalue weighted by Crippen LogP contribution is -2.36. The molecule has 0 aliphatic rings. The molecule has 0 saturated carbocycles. The van der Waals surface area contributed by atoms with E-state index in [4.69, 9.17) is 37.7 Å². The zero-order valence-corrected chi connectivity index (χ0v) is 20.1. The molecule has 10 heteroatoms. The van der Waals surface area contributed by atoms with Crippen LogP contribution >= 0.6 is 46.9 Å². The highest BCUT2D eigenvalue weighted by molar-refractivity contribution is 7.22. The van der Waals surface area contributed by atoms with Gasteiger partial charge in [-0.05, 0) is 44.4 Å². The smallest absolute Gasteiger partial charge is 0.260 e. The van der Waals surface area contributed by atoms with Gasteiger partial charge in [0.15, 0.2) is 5.13 Å². The number of hydrogen-bond donors (Lipinski definition) is 0. The van der Waals surface area contributed by atoms with E-state index >= 15 is 0 Å². The summed E-state index contributed by atoms with van der Waals surface area (Å²) in [6.45, 7) is 1.10. The van der Waals surface area contributed by atoms with Crippen LogP contribution in [0.2, 0.25) is 10.0 Å². The van der Waals surface area contributed by atoms with Gasteiger partial charge in [-0.25, -0.2) is 4.98 Å². The van der Waals surface area contributed by atoms with Crippen molar-refractivity contribution in [3.63, 3.8) is 0 Å². The number of fused-ring (bicyclic) bond motifs is 1. The van der Waals surface area contributed by atoms with Crippen LogP contribution in [0.4, 0.5) is 5.13 Å². The first-order valence-corrected chi connectivity index (χ1v) is 10.4. The fourth-order valence-corrected chi connectivity index (χ4v) is 4.43. The average molecular weight is 491 g/mol. The molecule has 1 amide bonds. The van der Waals surface area contributed by atoms with E-state index in [-0.39, 0.29) is 18.3 Å². The number of anilines is 1. The lowest BCUT2D eigenvalue weighted by Gasteiger charge is -2.22. The van der Waals surface area contributed by atoms with Gasteiger partial charge in [-0.15, -0.1) is 12.4 Å². The van der Waals surface area contributed by atoms with Gasteiger partial charge in [-0.3, -0.25) is 9.69 Å². The molecule has 0 radical (unpaired) electrons. The maximum Gasteiger partial charge on any atom is 0.260 e. The van der Waals surface area contributed by atoms with E-state index in [9.17, 15) is 4.79 Å². The summed E-state index contributed by atoms with van der Waals surface area (Å²) >= 11 is 13.6. The molecular formula is C20H22Cl3N3O3S. The molecule has 0 fully saturated rings. The first kappa shape index (κ1) is 24.5. The molecule has 0 aliphatic carbocycles. The summed E-state index contributed by atoms with van der Waals surface area (Å²) in [6.07, 6.45) is 0. The van der Waals surface area contributed by atoms with Crippen LogP contribution in [0.25, 0.3) is 10.2 Å². The average Bonchev–Trinajstić information content (AvgIpc) is 3.11. The minimum absolute atomic E-state index is 0. The highest BCUT2D eigenvalue weighted by Crippen LogP contribution is 2.40. The summed E-state index contributed by atoms with van der Waals surface area (Å²) in [7, 11) is 7.08. The van der Waals surface area contributed by atoms with Crippen molar-refractivity contribution in [1.29, 1.82) is 0 Å². The summed E-state index contributed by atoms with van der Waals surface area (Å²) in [5.41, 5.74) is 1.05. The lowest BCUT2D eigenvalue weighted by atomic mass is 10.2. The molecule has 0 spiro atoms. The number of aromatic nitrogens is 1. The van der Waals surface area contributed by atoms with Crippen LogP contribution < -0.4 is 14.4 Å². The molecular weight excluding hydrogens is 469 g/mol. The van der Waals surface area contributed by atoms with Crippen molar-refractivity contribution < 1.29 is 14.3 Å². The molecule has 6 nitrogen and oxygen atoms in total. The number of carbonyl (C=O) groups is 1. The number of methoxy groups -OCH3 is 2. The number of amides is 1. The van der Waals surface area contributed by atoms with Crippen molar-refractivity contribution in [3.05, 3.63) is 45.9 Å². The summed E-state index contributed by atoms with van der Waals surface area (Å²) in [4.78, 5) is 21.7. The Labute approximate surface area is 195 Å². The van der Waals surface area contributed by atoms with Crippen molar-refractivity contribution in [2.45, 2.75) is 0 Å². The van der Waals surface area contributed by atoms with Crippen LogP contribution in [0.1, 0.15) is 10.4 Å². The van der Waals surface area contributed by atoms with Crippen LogP contribution in [0.5, 0.6) is 11.5 Å². The van der Waals surface area contributed by atoms with Gasteiger partial charge in [-0.1, -0.05) is 34.5 Å². The molecule has 0 bridgehead atoms. The van der Waals surface area contributed by atoms with E-state index in [1.807, 2.05) is 25.1 Å². The minimum atomic E-state index is -0.228. The van der Waals surface area contributed by atoms with Gasteiger partial charge in [0, 0.05) is 28.7 Å². The van der Waals surface area contributed by atoms with Gasteiger partial charge in [-0.2, -0.15) is 0 Å². The van der Waals surface area contributed by atoms with Crippen LogP contribution in [-0.4, -0.2) is 57.2 Å². The van der Waals surface area contributed by atoms with Crippen LogP contribution in [0.15, 0.2) is 30.3 Å². The lowest BCUT2D eigenvalue weighted by molar-refractivity contribution is 0.0985. The second-order valence-electron chi connectivity index (χ2n) is 6.56. The predicted octanol–water partition coefficient (Wildman–Crippen LogP) is 5.25. The number of thiazole rings is 1. The molecule has 30 heavy (non-hydrogen) atoms. The van der Waals surface area contributed by atoms with E-state index in [1.54, 1.807) is 43.4 Å². The number of halogens is 3. The van der Waals surface area contributed by atoms with Crippen molar-refractivity contribution in [2.75, 3.05) is 46.3 Å². The monoisotopic (exact) mass is 489 g/mol. The zero-order valence-electron chi connectivity index (χ0n) is 16.9. The Hall–Kier alpha value is -1.77. The summed E-state index contributed by atoms with van der Waals surface area (Å²) in [5.74, 6) is 1.07. The summed E-state index contributed by atoms with van der Waals surface area (Å²) < 4.78 is 11.7. The minimum Gasteiger partial charge on any atom is -0.495 e. The van der Waals surface area contributed by atoms with Gasteiger partial charge in [0.2, 0.25) is 0 Å². The van der Waals surface area contributed by atoms with Crippen LogP contribution in [0, 0.1) is 0 Å². The van der Waals surface area contributed by atoms with E-state index in [0.29, 0.717) is 50.8 Å².